The number of ether oxygens (including phenoxy) is 1. The summed E-state index contributed by atoms with van der Waals surface area (Å²) in [7, 11) is 0. The summed E-state index contributed by atoms with van der Waals surface area (Å²) >= 11 is 0. The van der Waals surface area contributed by atoms with Crippen molar-refractivity contribution in [3.05, 3.63) is 121 Å². The summed E-state index contributed by atoms with van der Waals surface area (Å²) in [5, 5.41) is 5.85. The zero-order valence-electron chi connectivity index (χ0n) is 18.7. The average Bonchev–Trinajstić information content (AvgIpc) is 2.89. The van der Waals surface area contributed by atoms with Gasteiger partial charge in [0.25, 0.3) is 5.91 Å². The molecule has 0 heterocycles. The maximum atomic E-state index is 13.3. The minimum absolute atomic E-state index is 0.177. The van der Waals surface area contributed by atoms with Gasteiger partial charge in [-0.1, -0.05) is 97.1 Å². The van der Waals surface area contributed by atoms with Crippen LogP contribution >= 0.6 is 0 Å². The Labute approximate surface area is 199 Å². The number of rotatable bonds is 9. The number of benzene rings is 4. The third-order valence-corrected chi connectivity index (χ3v) is 5.32. The van der Waals surface area contributed by atoms with Crippen molar-refractivity contribution in [3.63, 3.8) is 0 Å². The largest absolute Gasteiger partial charge is 0.484 e. The van der Waals surface area contributed by atoms with E-state index in [1.54, 1.807) is 12.1 Å². The second-order valence-electron chi connectivity index (χ2n) is 7.81. The van der Waals surface area contributed by atoms with Crippen LogP contribution in [0.15, 0.2) is 115 Å². The van der Waals surface area contributed by atoms with Crippen LogP contribution in [0.4, 0.5) is 5.69 Å². The minimum atomic E-state index is -0.766. The fourth-order valence-corrected chi connectivity index (χ4v) is 3.64. The quantitative estimate of drug-likeness (QED) is 0.373. The molecule has 5 nitrogen and oxygen atoms in total. The summed E-state index contributed by atoms with van der Waals surface area (Å²) in [5.41, 5.74) is 3.54. The zero-order chi connectivity index (χ0) is 23.6. The Balaban J connectivity index is 1.50. The number of anilines is 1. The molecule has 0 aromatic heterocycles. The van der Waals surface area contributed by atoms with Crippen molar-refractivity contribution in [1.29, 1.82) is 0 Å². The molecule has 0 saturated heterocycles. The first-order chi connectivity index (χ1) is 16.7. The fourth-order valence-electron chi connectivity index (χ4n) is 3.64. The van der Waals surface area contributed by atoms with Crippen LogP contribution in [0, 0.1) is 0 Å². The maximum absolute atomic E-state index is 13.3. The highest BCUT2D eigenvalue weighted by Crippen LogP contribution is 2.27. The Bertz CT molecular complexity index is 1210. The van der Waals surface area contributed by atoms with Gasteiger partial charge in [0.2, 0.25) is 5.91 Å². The van der Waals surface area contributed by atoms with E-state index in [2.05, 4.69) is 10.6 Å². The van der Waals surface area contributed by atoms with Crippen molar-refractivity contribution in [3.8, 4) is 16.9 Å². The Morgan fingerprint density at radius 2 is 1.29 bits per heavy atom. The predicted molar refractivity (Wildman–Crippen MR) is 135 cm³/mol. The monoisotopic (exact) mass is 450 g/mol. The summed E-state index contributed by atoms with van der Waals surface area (Å²) in [6.07, 6.45) is 0.358. The van der Waals surface area contributed by atoms with Gasteiger partial charge in [0, 0.05) is 17.7 Å². The van der Waals surface area contributed by atoms with Crippen molar-refractivity contribution in [2.45, 2.75) is 12.5 Å². The molecule has 2 N–H and O–H groups in total. The van der Waals surface area contributed by atoms with E-state index in [0.717, 1.165) is 16.7 Å². The summed E-state index contributed by atoms with van der Waals surface area (Å²) in [4.78, 5) is 26.0. The van der Waals surface area contributed by atoms with Gasteiger partial charge in [0.1, 0.15) is 11.8 Å². The lowest BCUT2D eigenvalue weighted by Crippen LogP contribution is -2.46. The van der Waals surface area contributed by atoms with Gasteiger partial charge in [-0.15, -0.1) is 0 Å². The highest BCUT2D eigenvalue weighted by atomic mass is 16.5. The van der Waals surface area contributed by atoms with E-state index in [9.17, 15) is 9.59 Å². The highest BCUT2D eigenvalue weighted by molar-refractivity contribution is 6.00. The number of nitrogens with one attached hydrogen (secondary N) is 2. The molecule has 0 radical (unpaired) electrons. The molecular weight excluding hydrogens is 424 g/mol. The third-order valence-electron chi connectivity index (χ3n) is 5.32. The van der Waals surface area contributed by atoms with E-state index in [1.807, 2.05) is 103 Å². The van der Waals surface area contributed by atoms with Crippen LogP contribution in [-0.2, 0) is 16.0 Å². The van der Waals surface area contributed by atoms with Gasteiger partial charge in [-0.2, -0.15) is 0 Å². The lowest BCUT2D eigenvalue weighted by Gasteiger charge is -2.20. The molecule has 1 unspecified atom stereocenters. The number of hydrogen-bond donors (Lipinski definition) is 2. The summed E-state index contributed by atoms with van der Waals surface area (Å²) in [5.74, 6) is -0.0601. The van der Waals surface area contributed by atoms with Crippen molar-refractivity contribution < 1.29 is 14.3 Å². The molecular formula is C29H26N2O3. The molecule has 0 fully saturated rings. The van der Waals surface area contributed by atoms with Gasteiger partial charge >= 0.3 is 0 Å². The average molecular weight is 451 g/mol. The Morgan fingerprint density at radius 1 is 0.706 bits per heavy atom. The van der Waals surface area contributed by atoms with Crippen LogP contribution < -0.4 is 15.4 Å². The summed E-state index contributed by atoms with van der Waals surface area (Å²) in [6.45, 7) is -0.177. The van der Waals surface area contributed by atoms with Gasteiger partial charge in [-0.25, -0.2) is 0 Å². The molecule has 0 aliphatic carbocycles. The van der Waals surface area contributed by atoms with Crippen LogP contribution in [0.1, 0.15) is 5.56 Å². The van der Waals surface area contributed by atoms with Crippen molar-refractivity contribution >= 4 is 17.5 Å². The SMILES string of the molecule is O=C(COc1ccccc1)NC(Cc1ccccc1)C(=O)Nc1ccccc1-c1ccccc1. The lowest BCUT2D eigenvalue weighted by atomic mass is 10.0. The number of carbonyl (C=O) groups excluding carboxylic acids is 2. The Kier molecular flexibility index (Phi) is 7.70. The highest BCUT2D eigenvalue weighted by Gasteiger charge is 2.22. The molecule has 0 aliphatic rings. The van der Waals surface area contributed by atoms with E-state index in [4.69, 9.17) is 4.74 Å². The number of para-hydroxylation sites is 2. The predicted octanol–water partition coefficient (Wildman–Crippen LogP) is 5.10. The molecule has 5 heteroatoms. The van der Waals surface area contributed by atoms with Crippen LogP contribution in [0.25, 0.3) is 11.1 Å². The smallest absolute Gasteiger partial charge is 0.258 e. The molecule has 2 amide bonds. The van der Waals surface area contributed by atoms with Gasteiger partial charge in [0.05, 0.1) is 0 Å². The molecule has 1 atom stereocenters. The summed E-state index contributed by atoms with van der Waals surface area (Å²) in [6, 6.07) is 35.4. The molecule has 34 heavy (non-hydrogen) atoms. The Hall–Kier alpha value is -4.38. The first kappa shape index (κ1) is 22.8. The number of carbonyl (C=O) groups is 2. The van der Waals surface area contributed by atoms with Gasteiger partial charge < -0.3 is 15.4 Å². The van der Waals surface area contributed by atoms with E-state index >= 15 is 0 Å². The molecule has 4 aromatic rings. The van der Waals surface area contributed by atoms with E-state index < -0.39 is 6.04 Å². The van der Waals surface area contributed by atoms with E-state index in [0.29, 0.717) is 17.9 Å². The van der Waals surface area contributed by atoms with Crippen molar-refractivity contribution in [2.24, 2.45) is 0 Å². The van der Waals surface area contributed by atoms with Gasteiger partial charge in [0.15, 0.2) is 6.61 Å². The molecule has 170 valence electrons. The zero-order valence-corrected chi connectivity index (χ0v) is 18.7. The van der Waals surface area contributed by atoms with E-state index in [-0.39, 0.29) is 18.4 Å². The Morgan fingerprint density at radius 3 is 2.00 bits per heavy atom. The normalized spacial score (nSPS) is 11.3. The van der Waals surface area contributed by atoms with Crippen LogP contribution in [0.5, 0.6) is 5.75 Å². The van der Waals surface area contributed by atoms with E-state index in [1.165, 1.54) is 0 Å². The van der Waals surface area contributed by atoms with Gasteiger partial charge in [-0.3, -0.25) is 9.59 Å². The van der Waals surface area contributed by atoms with Crippen LogP contribution in [0.3, 0.4) is 0 Å². The minimum Gasteiger partial charge on any atom is -0.484 e. The molecule has 0 bridgehead atoms. The second kappa shape index (κ2) is 11.5. The summed E-state index contributed by atoms with van der Waals surface area (Å²) < 4.78 is 5.55. The lowest BCUT2D eigenvalue weighted by molar-refractivity contribution is -0.127. The molecule has 4 aromatic carbocycles. The topological polar surface area (TPSA) is 67.4 Å². The standard InChI is InChI=1S/C29H26N2O3/c32-28(21-34-24-16-8-3-9-17-24)30-27(20-22-12-4-1-5-13-22)29(33)31-26-19-11-10-18-25(26)23-14-6-2-7-15-23/h1-19,27H,20-21H2,(H,30,32)(H,31,33). The van der Waals surface area contributed by atoms with Crippen LogP contribution in [-0.4, -0.2) is 24.5 Å². The third kappa shape index (κ3) is 6.33. The first-order valence-electron chi connectivity index (χ1n) is 11.2. The number of hydrogen-bond acceptors (Lipinski definition) is 3. The fraction of sp³-hybridized carbons (Fsp3) is 0.103. The van der Waals surface area contributed by atoms with Gasteiger partial charge in [-0.05, 0) is 29.3 Å². The first-order valence-corrected chi connectivity index (χ1v) is 11.2. The van der Waals surface area contributed by atoms with Crippen LogP contribution in [0.2, 0.25) is 0 Å². The molecule has 0 aliphatic heterocycles. The van der Waals surface area contributed by atoms with Crippen molar-refractivity contribution in [2.75, 3.05) is 11.9 Å². The second-order valence-corrected chi connectivity index (χ2v) is 7.81. The molecule has 0 saturated carbocycles. The maximum Gasteiger partial charge on any atom is 0.258 e. The molecule has 4 rings (SSSR count). The van der Waals surface area contributed by atoms with Crippen molar-refractivity contribution in [1.82, 2.24) is 5.32 Å². The molecule has 0 spiro atoms. The number of amides is 2.